The molecule has 0 saturated carbocycles. The van der Waals surface area contributed by atoms with Crippen molar-refractivity contribution in [2.75, 3.05) is 0 Å². The second-order valence-electron chi connectivity index (χ2n) is 6.78. The van der Waals surface area contributed by atoms with Crippen LogP contribution < -0.4 is 5.32 Å². The Hall–Kier alpha value is -3.87. The molecule has 1 aliphatic heterocycles. The standard InChI is InChI=1S/C22H19N3O4/c1-15-6-2-3-7-16(15)13-24-10-4-8-17(24)12-19-20(26)23-22(28)25(21(19)27)14-18-9-5-11-29-18/h2-12H,13-14H2,1H3,(H,23,26,28). The SMILES string of the molecule is Cc1ccccc1Cn1cccc1C=C1C(=O)NC(=O)N(Cc2ccco2)C1=O. The van der Waals surface area contributed by atoms with Crippen molar-refractivity contribution >= 4 is 23.9 Å². The first-order valence-electron chi connectivity index (χ1n) is 9.14. The van der Waals surface area contributed by atoms with Crippen molar-refractivity contribution in [3.05, 3.63) is 89.1 Å². The summed E-state index contributed by atoms with van der Waals surface area (Å²) >= 11 is 0. The number of barbiturate groups is 1. The number of urea groups is 1. The number of rotatable bonds is 5. The lowest BCUT2D eigenvalue weighted by molar-refractivity contribution is -0.130. The van der Waals surface area contributed by atoms with Gasteiger partial charge in [-0.1, -0.05) is 24.3 Å². The van der Waals surface area contributed by atoms with Crippen molar-refractivity contribution in [1.82, 2.24) is 14.8 Å². The van der Waals surface area contributed by atoms with Crippen LogP contribution in [0.1, 0.15) is 22.6 Å². The van der Waals surface area contributed by atoms with Crippen molar-refractivity contribution in [1.29, 1.82) is 0 Å². The van der Waals surface area contributed by atoms with E-state index in [-0.39, 0.29) is 12.1 Å². The summed E-state index contributed by atoms with van der Waals surface area (Å²) < 4.78 is 7.16. The van der Waals surface area contributed by atoms with Gasteiger partial charge in [0.15, 0.2) is 0 Å². The van der Waals surface area contributed by atoms with E-state index in [0.717, 1.165) is 16.0 Å². The van der Waals surface area contributed by atoms with Gasteiger partial charge >= 0.3 is 6.03 Å². The van der Waals surface area contributed by atoms with E-state index in [1.807, 2.05) is 54.1 Å². The summed E-state index contributed by atoms with van der Waals surface area (Å²) in [5.41, 5.74) is 2.89. The Labute approximate surface area is 167 Å². The van der Waals surface area contributed by atoms with Gasteiger partial charge in [0, 0.05) is 18.4 Å². The molecule has 3 heterocycles. The predicted octanol–water partition coefficient (Wildman–Crippen LogP) is 3.10. The summed E-state index contributed by atoms with van der Waals surface area (Å²) in [7, 11) is 0. The minimum absolute atomic E-state index is 0.0491. The second kappa shape index (κ2) is 7.63. The van der Waals surface area contributed by atoms with Gasteiger partial charge in [-0.15, -0.1) is 0 Å². The number of hydrogen-bond donors (Lipinski definition) is 1. The molecule has 1 N–H and O–H groups in total. The van der Waals surface area contributed by atoms with Crippen molar-refractivity contribution in [3.8, 4) is 0 Å². The zero-order chi connectivity index (χ0) is 20.4. The molecule has 0 atom stereocenters. The van der Waals surface area contributed by atoms with E-state index in [2.05, 4.69) is 5.32 Å². The molecule has 0 radical (unpaired) electrons. The van der Waals surface area contributed by atoms with Crippen LogP contribution in [-0.4, -0.2) is 27.3 Å². The van der Waals surface area contributed by atoms with Gasteiger partial charge in [0.05, 0.1) is 12.8 Å². The fourth-order valence-electron chi connectivity index (χ4n) is 3.22. The molecular formula is C22H19N3O4. The summed E-state index contributed by atoms with van der Waals surface area (Å²) in [6.45, 7) is 2.59. The Morgan fingerprint density at radius 3 is 2.59 bits per heavy atom. The largest absolute Gasteiger partial charge is 0.467 e. The van der Waals surface area contributed by atoms with Gasteiger partial charge in [-0.2, -0.15) is 0 Å². The molecule has 1 saturated heterocycles. The van der Waals surface area contributed by atoms with E-state index >= 15 is 0 Å². The molecule has 1 fully saturated rings. The van der Waals surface area contributed by atoms with Gasteiger partial charge in [0.2, 0.25) is 0 Å². The average Bonchev–Trinajstić information content (AvgIpc) is 3.36. The molecule has 3 aromatic rings. The van der Waals surface area contributed by atoms with E-state index in [9.17, 15) is 14.4 Å². The molecule has 7 heteroatoms. The van der Waals surface area contributed by atoms with Crippen molar-refractivity contribution < 1.29 is 18.8 Å². The average molecular weight is 389 g/mol. The summed E-state index contributed by atoms with van der Waals surface area (Å²) in [5.74, 6) is -0.914. The summed E-state index contributed by atoms with van der Waals surface area (Å²) in [6.07, 6.45) is 4.86. The number of hydrogen-bond acceptors (Lipinski definition) is 4. The third-order valence-electron chi connectivity index (χ3n) is 4.84. The van der Waals surface area contributed by atoms with E-state index in [1.54, 1.807) is 12.1 Å². The number of imide groups is 2. The highest BCUT2D eigenvalue weighted by molar-refractivity contribution is 6.30. The Morgan fingerprint density at radius 1 is 1.00 bits per heavy atom. The van der Waals surface area contributed by atoms with Gasteiger partial charge in [-0.05, 0) is 48.4 Å². The van der Waals surface area contributed by atoms with E-state index in [4.69, 9.17) is 4.42 Å². The molecule has 0 unspecified atom stereocenters. The third kappa shape index (κ3) is 3.75. The molecule has 0 aliphatic carbocycles. The maximum Gasteiger partial charge on any atom is 0.331 e. The van der Waals surface area contributed by atoms with Gasteiger partial charge < -0.3 is 8.98 Å². The molecule has 4 rings (SSSR count). The van der Waals surface area contributed by atoms with Crippen molar-refractivity contribution in [3.63, 3.8) is 0 Å². The van der Waals surface area contributed by atoms with Gasteiger partial charge in [0.25, 0.3) is 11.8 Å². The molecule has 1 aromatic carbocycles. The smallest absolute Gasteiger partial charge is 0.331 e. The zero-order valence-electron chi connectivity index (χ0n) is 15.8. The highest BCUT2D eigenvalue weighted by Gasteiger charge is 2.36. The number of aromatic nitrogens is 1. The fourth-order valence-corrected chi connectivity index (χ4v) is 3.22. The third-order valence-corrected chi connectivity index (χ3v) is 4.84. The molecule has 0 spiro atoms. The molecule has 4 amide bonds. The van der Waals surface area contributed by atoms with Crippen LogP contribution in [0.5, 0.6) is 0 Å². The first-order chi connectivity index (χ1) is 14.0. The van der Waals surface area contributed by atoms with E-state index < -0.39 is 17.8 Å². The number of nitrogens with zero attached hydrogens (tertiary/aromatic N) is 2. The highest BCUT2D eigenvalue weighted by Crippen LogP contribution is 2.19. The number of carbonyl (C=O) groups excluding carboxylic acids is 3. The molecule has 0 bridgehead atoms. The van der Waals surface area contributed by atoms with Gasteiger partial charge in [-0.3, -0.25) is 19.8 Å². The van der Waals surface area contributed by atoms with E-state index in [1.165, 1.54) is 12.3 Å². The maximum absolute atomic E-state index is 12.8. The molecule has 2 aromatic heterocycles. The number of aryl methyl sites for hydroxylation is 1. The van der Waals surface area contributed by atoms with Gasteiger partial charge in [0.1, 0.15) is 11.3 Å². The molecule has 29 heavy (non-hydrogen) atoms. The normalized spacial score (nSPS) is 15.8. The van der Waals surface area contributed by atoms with Crippen LogP contribution in [0.25, 0.3) is 6.08 Å². The van der Waals surface area contributed by atoms with Crippen LogP contribution in [-0.2, 0) is 22.7 Å². The topological polar surface area (TPSA) is 84.6 Å². The van der Waals surface area contributed by atoms with Crippen molar-refractivity contribution in [2.45, 2.75) is 20.0 Å². The number of carbonyl (C=O) groups is 3. The zero-order valence-corrected chi connectivity index (χ0v) is 15.8. The highest BCUT2D eigenvalue weighted by atomic mass is 16.3. The second-order valence-corrected chi connectivity index (χ2v) is 6.78. The summed E-state index contributed by atoms with van der Waals surface area (Å²) in [4.78, 5) is 38.3. The lowest BCUT2D eigenvalue weighted by Crippen LogP contribution is -2.53. The lowest BCUT2D eigenvalue weighted by atomic mass is 10.1. The molecule has 7 nitrogen and oxygen atoms in total. The van der Waals surface area contributed by atoms with Crippen LogP contribution in [0.15, 0.2) is 71.0 Å². The van der Waals surface area contributed by atoms with Crippen molar-refractivity contribution in [2.24, 2.45) is 0 Å². The Balaban J connectivity index is 1.62. The first kappa shape index (κ1) is 18.5. The Bertz CT molecular complexity index is 1110. The van der Waals surface area contributed by atoms with E-state index in [0.29, 0.717) is 18.0 Å². The van der Waals surface area contributed by atoms with Crippen LogP contribution in [0.2, 0.25) is 0 Å². The molecule has 1 aliphatic rings. The minimum Gasteiger partial charge on any atom is -0.467 e. The summed E-state index contributed by atoms with van der Waals surface area (Å²) in [6, 6.07) is 14.3. The first-order valence-corrected chi connectivity index (χ1v) is 9.14. The van der Waals surface area contributed by atoms with Crippen LogP contribution >= 0.6 is 0 Å². The molecule has 146 valence electrons. The lowest BCUT2D eigenvalue weighted by Gasteiger charge is -2.25. The maximum atomic E-state index is 12.8. The Morgan fingerprint density at radius 2 is 1.83 bits per heavy atom. The van der Waals surface area contributed by atoms with Crippen LogP contribution in [0.4, 0.5) is 4.79 Å². The Kier molecular flexibility index (Phi) is 4.87. The predicted molar refractivity (Wildman–Crippen MR) is 105 cm³/mol. The van der Waals surface area contributed by atoms with Crippen LogP contribution in [0, 0.1) is 6.92 Å². The van der Waals surface area contributed by atoms with Gasteiger partial charge in [-0.25, -0.2) is 4.79 Å². The monoisotopic (exact) mass is 389 g/mol. The number of benzene rings is 1. The minimum atomic E-state index is -0.760. The fraction of sp³-hybridized carbons (Fsp3) is 0.136. The molecular weight excluding hydrogens is 370 g/mol. The number of furan rings is 1. The number of amides is 4. The number of nitrogens with one attached hydrogen (secondary N) is 1. The van der Waals surface area contributed by atoms with Crippen LogP contribution in [0.3, 0.4) is 0 Å². The quantitative estimate of drug-likeness (QED) is 0.537. The summed E-state index contributed by atoms with van der Waals surface area (Å²) in [5, 5.41) is 2.22.